The lowest BCUT2D eigenvalue weighted by Crippen LogP contribution is -2.08. The van der Waals surface area contributed by atoms with Crippen LogP contribution in [0, 0.1) is 10.1 Å². The Morgan fingerprint density at radius 3 is 2.48 bits per heavy atom. The third-order valence-electron chi connectivity index (χ3n) is 3.84. The van der Waals surface area contributed by atoms with E-state index in [1.54, 1.807) is 17.7 Å². The maximum Gasteiger partial charge on any atom is 0.355 e. The number of rotatable bonds is 3. The molecule has 23 heavy (non-hydrogen) atoms. The van der Waals surface area contributed by atoms with Crippen molar-refractivity contribution in [1.29, 1.82) is 0 Å². The fraction of sp³-hybridized carbons (Fsp3) is 0.118. The number of ether oxygens (including phenoxy) is 1. The van der Waals surface area contributed by atoms with Crippen LogP contribution in [0.15, 0.2) is 48.5 Å². The van der Waals surface area contributed by atoms with Gasteiger partial charge in [0.1, 0.15) is 5.69 Å². The van der Waals surface area contributed by atoms with E-state index in [9.17, 15) is 14.9 Å². The van der Waals surface area contributed by atoms with Gasteiger partial charge in [0.05, 0.1) is 12.0 Å². The molecule has 0 N–H and O–H groups in total. The largest absolute Gasteiger partial charge is 0.464 e. The molecule has 3 rings (SSSR count). The van der Waals surface area contributed by atoms with Gasteiger partial charge in [0, 0.05) is 35.6 Å². The van der Waals surface area contributed by atoms with Crippen molar-refractivity contribution in [1.82, 2.24) is 4.57 Å². The summed E-state index contributed by atoms with van der Waals surface area (Å²) >= 11 is 0. The van der Waals surface area contributed by atoms with Gasteiger partial charge in [-0.15, -0.1) is 0 Å². The minimum atomic E-state index is -0.481. The number of nitro groups is 1. The van der Waals surface area contributed by atoms with Crippen molar-refractivity contribution in [3.05, 3.63) is 64.3 Å². The Labute approximate surface area is 132 Å². The van der Waals surface area contributed by atoms with E-state index in [2.05, 4.69) is 0 Å². The summed E-state index contributed by atoms with van der Waals surface area (Å²) in [4.78, 5) is 22.9. The van der Waals surface area contributed by atoms with E-state index in [0.717, 1.165) is 11.1 Å². The van der Waals surface area contributed by atoms with Crippen molar-refractivity contribution in [3.8, 4) is 11.1 Å². The van der Waals surface area contributed by atoms with Crippen molar-refractivity contribution < 1.29 is 14.5 Å². The molecule has 0 fully saturated rings. The second-order valence-electron chi connectivity index (χ2n) is 5.10. The van der Waals surface area contributed by atoms with Gasteiger partial charge in [-0.2, -0.15) is 0 Å². The van der Waals surface area contributed by atoms with Crippen LogP contribution in [0.25, 0.3) is 22.0 Å². The lowest BCUT2D eigenvalue weighted by atomic mass is 10.0. The molecular weight excluding hydrogens is 296 g/mol. The van der Waals surface area contributed by atoms with Crippen molar-refractivity contribution in [2.24, 2.45) is 7.05 Å². The molecule has 0 aliphatic heterocycles. The van der Waals surface area contributed by atoms with Gasteiger partial charge in [-0.25, -0.2) is 4.79 Å². The predicted molar refractivity (Wildman–Crippen MR) is 86.3 cm³/mol. The first-order valence-corrected chi connectivity index (χ1v) is 6.95. The van der Waals surface area contributed by atoms with E-state index in [1.165, 1.54) is 19.2 Å². The summed E-state index contributed by atoms with van der Waals surface area (Å²) in [5.41, 5.74) is 2.53. The lowest BCUT2D eigenvalue weighted by Gasteiger charge is -2.06. The van der Waals surface area contributed by atoms with Gasteiger partial charge in [0.15, 0.2) is 0 Å². The van der Waals surface area contributed by atoms with E-state index in [1.807, 2.05) is 30.3 Å². The molecule has 0 atom stereocenters. The van der Waals surface area contributed by atoms with Crippen LogP contribution >= 0.6 is 0 Å². The Hall–Kier alpha value is -3.15. The molecule has 0 saturated carbocycles. The van der Waals surface area contributed by atoms with Crippen LogP contribution in [0.2, 0.25) is 0 Å². The zero-order valence-electron chi connectivity index (χ0n) is 12.6. The number of carbonyl (C=O) groups excluding carboxylic acids is 1. The molecule has 6 heteroatoms. The molecule has 0 radical (unpaired) electrons. The maximum absolute atomic E-state index is 12.2. The average molecular weight is 310 g/mol. The lowest BCUT2D eigenvalue weighted by molar-refractivity contribution is -0.384. The summed E-state index contributed by atoms with van der Waals surface area (Å²) < 4.78 is 6.59. The minimum absolute atomic E-state index is 0.0169. The zero-order chi connectivity index (χ0) is 16.6. The van der Waals surface area contributed by atoms with E-state index < -0.39 is 10.9 Å². The highest BCUT2D eigenvalue weighted by atomic mass is 16.6. The molecule has 6 nitrogen and oxygen atoms in total. The monoisotopic (exact) mass is 310 g/mol. The fourth-order valence-corrected chi connectivity index (χ4v) is 2.78. The van der Waals surface area contributed by atoms with Crippen molar-refractivity contribution >= 4 is 22.6 Å². The highest BCUT2D eigenvalue weighted by Crippen LogP contribution is 2.36. The standard InChI is InChI=1S/C17H14N2O4/c1-18-14-9-8-12(19(21)22)10-13(14)15(16(18)17(20)23-2)11-6-4-3-5-7-11/h3-10H,1-2H3. The van der Waals surface area contributed by atoms with Gasteiger partial charge in [-0.05, 0) is 11.6 Å². The van der Waals surface area contributed by atoms with Crippen LogP contribution in [-0.4, -0.2) is 22.6 Å². The van der Waals surface area contributed by atoms with Gasteiger partial charge in [0.2, 0.25) is 0 Å². The van der Waals surface area contributed by atoms with Crippen molar-refractivity contribution in [2.45, 2.75) is 0 Å². The number of hydrogen-bond acceptors (Lipinski definition) is 4. The van der Waals surface area contributed by atoms with E-state index in [0.29, 0.717) is 16.6 Å². The first-order valence-electron chi connectivity index (χ1n) is 6.95. The topological polar surface area (TPSA) is 74.4 Å². The van der Waals surface area contributed by atoms with E-state index in [-0.39, 0.29) is 5.69 Å². The Balaban J connectivity index is 2.43. The molecule has 0 aliphatic carbocycles. The van der Waals surface area contributed by atoms with Crippen molar-refractivity contribution in [2.75, 3.05) is 7.11 Å². The number of nitro benzene ring substituents is 1. The van der Waals surface area contributed by atoms with Gasteiger partial charge in [0.25, 0.3) is 5.69 Å². The average Bonchev–Trinajstić information content (AvgIpc) is 2.87. The number of non-ortho nitro benzene ring substituents is 1. The second-order valence-corrected chi connectivity index (χ2v) is 5.10. The van der Waals surface area contributed by atoms with Crippen molar-refractivity contribution in [3.63, 3.8) is 0 Å². The zero-order valence-corrected chi connectivity index (χ0v) is 12.6. The number of methoxy groups -OCH3 is 1. The smallest absolute Gasteiger partial charge is 0.355 e. The fourth-order valence-electron chi connectivity index (χ4n) is 2.78. The normalized spacial score (nSPS) is 10.7. The molecule has 0 unspecified atom stereocenters. The quantitative estimate of drug-likeness (QED) is 0.421. The summed E-state index contributed by atoms with van der Waals surface area (Å²) in [6.45, 7) is 0. The number of aryl methyl sites for hydroxylation is 1. The van der Waals surface area contributed by atoms with Crippen LogP contribution < -0.4 is 0 Å². The molecule has 116 valence electrons. The third-order valence-corrected chi connectivity index (χ3v) is 3.84. The molecule has 0 bridgehead atoms. The summed E-state index contributed by atoms with van der Waals surface area (Å²) in [5.74, 6) is -0.481. The van der Waals surface area contributed by atoms with Crippen LogP contribution in [0.4, 0.5) is 5.69 Å². The van der Waals surface area contributed by atoms with Crippen LogP contribution in [0.5, 0.6) is 0 Å². The second kappa shape index (κ2) is 5.57. The van der Waals surface area contributed by atoms with Crippen LogP contribution in [0.1, 0.15) is 10.5 Å². The van der Waals surface area contributed by atoms with Gasteiger partial charge < -0.3 is 9.30 Å². The number of carbonyl (C=O) groups is 1. The summed E-state index contributed by atoms with van der Waals surface area (Å²) in [6, 6.07) is 13.9. The SMILES string of the molecule is COC(=O)c1c(-c2ccccc2)c2cc([N+](=O)[O-])ccc2n1C. The maximum atomic E-state index is 12.2. The summed E-state index contributed by atoms with van der Waals surface area (Å²) in [6.07, 6.45) is 0. The molecule has 3 aromatic rings. The Morgan fingerprint density at radius 1 is 1.17 bits per heavy atom. The number of fused-ring (bicyclic) bond motifs is 1. The van der Waals surface area contributed by atoms with E-state index in [4.69, 9.17) is 4.74 Å². The number of benzene rings is 2. The number of esters is 1. The molecule has 1 aromatic heterocycles. The number of hydrogen-bond donors (Lipinski definition) is 0. The molecule has 0 saturated heterocycles. The Kier molecular flexibility index (Phi) is 3.57. The molecular formula is C17H14N2O4. The highest BCUT2D eigenvalue weighted by Gasteiger charge is 2.24. The number of nitrogens with zero attached hydrogens (tertiary/aromatic N) is 2. The minimum Gasteiger partial charge on any atom is -0.464 e. The summed E-state index contributed by atoms with van der Waals surface area (Å²) in [5, 5.41) is 11.7. The highest BCUT2D eigenvalue weighted by molar-refractivity contribution is 6.09. The molecule has 0 amide bonds. The first-order chi connectivity index (χ1) is 11.0. The molecule has 0 aliphatic rings. The Bertz CT molecular complexity index is 913. The van der Waals surface area contributed by atoms with E-state index >= 15 is 0 Å². The molecule has 2 aromatic carbocycles. The van der Waals surface area contributed by atoms with Gasteiger partial charge in [-0.3, -0.25) is 10.1 Å². The van der Waals surface area contributed by atoms with Gasteiger partial charge >= 0.3 is 5.97 Å². The Morgan fingerprint density at radius 2 is 1.87 bits per heavy atom. The summed E-state index contributed by atoms with van der Waals surface area (Å²) in [7, 11) is 3.06. The molecule has 0 spiro atoms. The van der Waals surface area contributed by atoms with Crippen LogP contribution in [0.3, 0.4) is 0 Å². The number of aromatic nitrogens is 1. The molecule has 1 heterocycles. The first kappa shape index (κ1) is 14.8. The third kappa shape index (κ3) is 2.34. The predicted octanol–water partition coefficient (Wildman–Crippen LogP) is 3.54. The van der Waals surface area contributed by atoms with Crippen LogP contribution in [-0.2, 0) is 11.8 Å². The van der Waals surface area contributed by atoms with Gasteiger partial charge in [-0.1, -0.05) is 30.3 Å².